The van der Waals surface area contributed by atoms with Crippen molar-refractivity contribution >= 4 is 0 Å². The van der Waals surface area contributed by atoms with Crippen molar-refractivity contribution in [2.75, 3.05) is 0 Å². The summed E-state index contributed by atoms with van der Waals surface area (Å²) in [4.78, 5) is 29.8. The van der Waals surface area contributed by atoms with Crippen molar-refractivity contribution in [1.29, 1.82) is 0 Å². The molecule has 0 saturated heterocycles. The highest BCUT2D eigenvalue weighted by Gasteiger charge is 3.03. The monoisotopic (exact) mass is 312 g/mol. The molecule has 0 aliphatic carbocycles. The Morgan fingerprint density at radius 1 is 0.600 bits per heavy atom. The molecule has 0 aromatic heterocycles. The van der Waals surface area contributed by atoms with Crippen LogP contribution in [0, 0.1) is 40.5 Å². The van der Waals surface area contributed by atoms with Crippen LogP contribution in [-0.4, -0.2) is 42.0 Å². The lowest BCUT2D eigenvalue weighted by molar-refractivity contribution is -0.994. The Hall–Kier alpha value is -2.76. The van der Waals surface area contributed by atoms with Gasteiger partial charge in [0.2, 0.25) is 0 Å². The summed E-state index contributed by atoms with van der Waals surface area (Å²) in [5.74, 6) is -11.8. The molecule has 0 radical (unpaired) electrons. The number of rotatable bonds is 7. The lowest BCUT2D eigenvalue weighted by atomic mass is 10.2. The highest BCUT2D eigenvalue weighted by atomic mass is 19.4. The fraction of sp³-hybridized carbons (Fsp3) is 1.00. The molecule has 0 aromatic rings. The van der Waals surface area contributed by atoms with Crippen LogP contribution < -0.4 is 0 Å². The molecule has 0 heterocycles. The third-order valence-electron chi connectivity index (χ3n) is 1.94. The number of hydrogen-bond acceptors (Lipinski definition) is 10. The van der Waals surface area contributed by atoms with E-state index in [1.54, 1.807) is 0 Å². The standard InChI is InChI=1S/C2F4N6O8/c3-7(4)1(9(13)14,10(15)16)2(8(5)6,11(17)18)12(19)20. The molecular weight excluding hydrogens is 312 g/mol. The molecule has 0 aliphatic heterocycles. The van der Waals surface area contributed by atoms with E-state index in [0.29, 0.717) is 0 Å². The van der Waals surface area contributed by atoms with E-state index in [2.05, 4.69) is 0 Å². The smallest absolute Gasteiger partial charge is 0.256 e. The maximum atomic E-state index is 12.4. The SMILES string of the molecule is O=[N+]([O-])C(N(F)F)([N+](=O)[O-])C(N(F)F)([N+](=O)[O-])[N+](=O)[O-]. The summed E-state index contributed by atoms with van der Waals surface area (Å²) in [6.45, 7) is 0. The summed E-state index contributed by atoms with van der Waals surface area (Å²) in [7, 11) is 0. The van der Waals surface area contributed by atoms with E-state index in [1.807, 2.05) is 0 Å². The van der Waals surface area contributed by atoms with Crippen LogP contribution in [0.2, 0.25) is 0 Å². The van der Waals surface area contributed by atoms with Crippen LogP contribution in [0.15, 0.2) is 0 Å². The molecule has 0 bridgehead atoms. The molecule has 20 heavy (non-hydrogen) atoms. The first-order chi connectivity index (χ1) is 8.91. The molecule has 14 nitrogen and oxygen atoms in total. The van der Waals surface area contributed by atoms with Gasteiger partial charge >= 0.3 is 11.6 Å². The van der Waals surface area contributed by atoms with E-state index in [1.165, 1.54) is 0 Å². The molecule has 18 heteroatoms. The first-order valence-electron chi connectivity index (χ1n) is 3.73. The maximum absolute atomic E-state index is 12.4. The minimum Gasteiger partial charge on any atom is -0.256 e. The summed E-state index contributed by atoms with van der Waals surface area (Å²) in [5, 5.41) is 34.8. The summed E-state index contributed by atoms with van der Waals surface area (Å²) in [6, 6.07) is 0. The van der Waals surface area contributed by atoms with E-state index in [0.717, 1.165) is 0 Å². The average Bonchev–Trinajstić information content (AvgIpc) is 2.21. The third-order valence-corrected chi connectivity index (χ3v) is 1.94. The zero-order valence-corrected chi connectivity index (χ0v) is 8.46. The van der Waals surface area contributed by atoms with Gasteiger partial charge in [0.25, 0.3) is 0 Å². The Balaban J connectivity index is 6.93. The predicted molar refractivity (Wildman–Crippen MR) is 41.5 cm³/mol. The van der Waals surface area contributed by atoms with Gasteiger partial charge in [-0.25, -0.2) is 0 Å². The van der Waals surface area contributed by atoms with E-state index in [4.69, 9.17) is 0 Å². The Kier molecular flexibility index (Phi) is 4.38. The molecule has 114 valence electrons. The fourth-order valence-corrected chi connectivity index (χ4v) is 1.10. The normalized spacial score (nSPS) is 12.5. The van der Waals surface area contributed by atoms with Crippen molar-refractivity contribution in [3.63, 3.8) is 0 Å². The van der Waals surface area contributed by atoms with Gasteiger partial charge in [0.15, 0.2) is 10.7 Å². The lowest BCUT2D eigenvalue weighted by Crippen LogP contribution is -2.79. The van der Waals surface area contributed by atoms with Crippen LogP contribution >= 0.6 is 0 Å². The van der Waals surface area contributed by atoms with Crippen LogP contribution in [0.4, 0.5) is 17.9 Å². The Morgan fingerprint density at radius 2 is 0.750 bits per heavy atom. The molecule has 0 fully saturated rings. The van der Waals surface area contributed by atoms with E-state index in [9.17, 15) is 58.4 Å². The second kappa shape index (κ2) is 5.08. The van der Waals surface area contributed by atoms with Crippen molar-refractivity contribution in [2.24, 2.45) is 0 Å². The quantitative estimate of drug-likeness (QED) is 0.196. The Bertz CT molecular complexity index is 396. The molecular formula is C2F4N6O8. The van der Waals surface area contributed by atoms with Crippen molar-refractivity contribution in [2.45, 2.75) is 11.6 Å². The third kappa shape index (κ3) is 1.73. The lowest BCUT2D eigenvalue weighted by Gasteiger charge is -2.21. The summed E-state index contributed by atoms with van der Waals surface area (Å²) >= 11 is 0. The van der Waals surface area contributed by atoms with Gasteiger partial charge < -0.3 is 0 Å². The molecule has 0 N–H and O–H groups in total. The second-order valence-electron chi connectivity index (χ2n) is 2.77. The molecule has 0 saturated carbocycles. The Morgan fingerprint density at radius 3 is 0.800 bits per heavy atom. The highest BCUT2D eigenvalue weighted by Crippen LogP contribution is 2.38. The van der Waals surface area contributed by atoms with Crippen LogP contribution in [0.3, 0.4) is 0 Å². The van der Waals surface area contributed by atoms with Gasteiger partial charge in [0.1, 0.15) is 19.7 Å². The zero-order valence-electron chi connectivity index (χ0n) is 8.46. The van der Waals surface area contributed by atoms with Crippen molar-refractivity contribution < 1.29 is 37.6 Å². The van der Waals surface area contributed by atoms with Crippen LogP contribution in [-0.2, 0) is 0 Å². The van der Waals surface area contributed by atoms with Gasteiger partial charge in [-0.3, -0.25) is 40.5 Å². The highest BCUT2D eigenvalue weighted by molar-refractivity contribution is 4.75. The second-order valence-corrected chi connectivity index (χ2v) is 2.77. The molecule has 0 spiro atoms. The predicted octanol–water partition coefficient (Wildman–Crippen LogP) is -0.457. The van der Waals surface area contributed by atoms with Crippen LogP contribution in [0.1, 0.15) is 0 Å². The van der Waals surface area contributed by atoms with E-state index < -0.39 is 42.0 Å². The molecule has 0 rings (SSSR count). The van der Waals surface area contributed by atoms with Gasteiger partial charge in [0, 0.05) is 0 Å². The van der Waals surface area contributed by atoms with Gasteiger partial charge in [-0.05, 0) is 0 Å². The average molecular weight is 312 g/mol. The number of nitro groups is 4. The van der Waals surface area contributed by atoms with Gasteiger partial charge in [-0.2, -0.15) is 0 Å². The minimum absolute atomic E-state index is 2.88. The number of nitrogens with zero attached hydrogens (tertiary/aromatic N) is 6. The number of hydrogen-bond donors (Lipinski definition) is 0. The van der Waals surface area contributed by atoms with Crippen molar-refractivity contribution in [3.8, 4) is 0 Å². The maximum Gasteiger partial charge on any atom is 0.739 e. The first kappa shape index (κ1) is 17.2. The van der Waals surface area contributed by atoms with Gasteiger partial charge in [0.05, 0.1) is 0 Å². The van der Waals surface area contributed by atoms with E-state index in [-0.39, 0.29) is 0 Å². The largest absolute Gasteiger partial charge is 0.739 e. The minimum atomic E-state index is -5.90. The van der Waals surface area contributed by atoms with Crippen molar-refractivity contribution in [1.82, 2.24) is 10.7 Å². The van der Waals surface area contributed by atoms with Gasteiger partial charge in [-0.15, -0.1) is 0 Å². The topological polar surface area (TPSA) is 179 Å². The van der Waals surface area contributed by atoms with Crippen molar-refractivity contribution in [3.05, 3.63) is 40.5 Å². The van der Waals surface area contributed by atoms with Gasteiger partial charge in [-0.1, -0.05) is 17.9 Å². The molecule has 0 aromatic carbocycles. The first-order valence-corrected chi connectivity index (χ1v) is 3.73. The van der Waals surface area contributed by atoms with Crippen LogP contribution in [0.25, 0.3) is 0 Å². The summed E-state index contributed by atoms with van der Waals surface area (Å²) < 4.78 is 49.7. The Labute approximate surface area is 102 Å². The summed E-state index contributed by atoms with van der Waals surface area (Å²) in [5.41, 5.74) is 0. The molecule has 0 amide bonds. The molecule has 0 aliphatic rings. The fourth-order valence-electron chi connectivity index (χ4n) is 1.10. The number of halogens is 4. The molecule has 0 unspecified atom stereocenters. The van der Waals surface area contributed by atoms with E-state index >= 15 is 0 Å². The summed E-state index contributed by atoms with van der Waals surface area (Å²) in [6.07, 6.45) is 0. The zero-order chi connectivity index (χ0) is 16.5. The molecule has 0 atom stereocenters. The van der Waals surface area contributed by atoms with Crippen LogP contribution in [0.5, 0.6) is 0 Å².